The SMILES string of the molecule is CC(C)[C@H]1C(=O)N[C@H](c2ccccc2)C/C=C\C[C@H](C)Oc2ccccc2C(=O)N1C. The van der Waals surface area contributed by atoms with Gasteiger partial charge in [0.05, 0.1) is 17.7 Å². The second-order valence-electron chi connectivity index (χ2n) is 8.44. The van der Waals surface area contributed by atoms with E-state index in [1.807, 2.05) is 69.3 Å². The fourth-order valence-corrected chi connectivity index (χ4v) is 3.99. The van der Waals surface area contributed by atoms with Crippen molar-refractivity contribution in [1.82, 2.24) is 10.2 Å². The van der Waals surface area contributed by atoms with Crippen LogP contribution in [0.3, 0.4) is 0 Å². The number of ether oxygens (including phenoxy) is 1. The lowest BCUT2D eigenvalue weighted by molar-refractivity contribution is -0.127. The van der Waals surface area contributed by atoms with Crippen LogP contribution in [0.15, 0.2) is 66.7 Å². The van der Waals surface area contributed by atoms with E-state index in [1.54, 1.807) is 13.1 Å². The highest BCUT2D eigenvalue weighted by Crippen LogP contribution is 2.25. The number of likely N-dealkylation sites (N-methyl/N-ethyl adjacent to an activating group) is 1. The Balaban J connectivity index is 1.99. The van der Waals surface area contributed by atoms with Gasteiger partial charge in [0, 0.05) is 13.5 Å². The minimum absolute atomic E-state index is 0.0548. The summed E-state index contributed by atoms with van der Waals surface area (Å²) >= 11 is 0. The maximum atomic E-state index is 13.4. The van der Waals surface area contributed by atoms with Gasteiger partial charge in [0.15, 0.2) is 0 Å². The van der Waals surface area contributed by atoms with Gasteiger partial charge < -0.3 is 15.0 Å². The number of carbonyl (C=O) groups excluding carboxylic acids is 2. The van der Waals surface area contributed by atoms with Gasteiger partial charge in [0.25, 0.3) is 5.91 Å². The normalized spacial score (nSPS) is 24.0. The van der Waals surface area contributed by atoms with Gasteiger partial charge in [-0.15, -0.1) is 0 Å². The van der Waals surface area contributed by atoms with Crippen molar-refractivity contribution in [2.75, 3.05) is 7.05 Å². The molecule has 0 bridgehead atoms. The fraction of sp³-hybridized carbons (Fsp3) is 0.385. The summed E-state index contributed by atoms with van der Waals surface area (Å²) in [5.41, 5.74) is 1.51. The molecule has 2 aromatic rings. The molecule has 1 heterocycles. The topological polar surface area (TPSA) is 58.6 Å². The third kappa shape index (κ3) is 5.54. The lowest BCUT2D eigenvalue weighted by Crippen LogP contribution is -2.51. The molecule has 0 unspecified atom stereocenters. The Morgan fingerprint density at radius 2 is 1.61 bits per heavy atom. The lowest BCUT2D eigenvalue weighted by atomic mass is 9.98. The summed E-state index contributed by atoms with van der Waals surface area (Å²) in [7, 11) is 1.69. The first-order valence-electron chi connectivity index (χ1n) is 10.9. The maximum absolute atomic E-state index is 13.4. The third-order valence-corrected chi connectivity index (χ3v) is 5.61. The second-order valence-corrected chi connectivity index (χ2v) is 8.44. The average molecular weight is 421 g/mol. The summed E-state index contributed by atoms with van der Waals surface area (Å²) in [6.45, 7) is 5.91. The van der Waals surface area contributed by atoms with Gasteiger partial charge in [-0.1, -0.05) is 68.5 Å². The number of para-hydroxylation sites is 1. The highest BCUT2D eigenvalue weighted by Gasteiger charge is 2.33. The van der Waals surface area contributed by atoms with E-state index >= 15 is 0 Å². The summed E-state index contributed by atoms with van der Waals surface area (Å²) in [5, 5.41) is 3.19. The molecule has 0 radical (unpaired) electrons. The smallest absolute Gasteiger partial charge is 0.258 e. The molecule has 1 aliphatic rings. The van der Waals surface area contributed by atoms with Crippen LogP contribution < -0.4 is 10.1 Å². The molecule has 3 rings (SSSR count). The molecule has 1 N–H and O–H groups in total. The Labute approximate surface area is 185 Å². The van der Waals surface area contributed by atoms with Crippen LogP contribution in [-0.2, 0) is 4.79 Å². The molecule has 2 amide bonds. The molecule has 0 aromatic heterocycles. The Morgan fingerprint density at radius 1 is 0.968 bits per heavy atom. The summed E-state index contributed by atoms with van der Waals surface area (Å²) in [5.74, 6) is 0.112. The molecule has 0 aliphatic carbocycles. The number of hydrogen-bond donors (Lipinski definition) is 1. The lowest BCUT2D eigenvalue weighted by Gasteiger charge is -2.32. The molecule has 164 valence electrons. The molecule has 0 saturated heterocycles. The summed E-state index contributed by atoms with van der Waals surface area (Å²) in [4.78, 5) is 28.3. The first-order chi connectivity index (χ1) is 14.9. The van der Waals surface area contributed by atoms with Gasteiger partial charge in [-0.25, -0.2) is 0 Å². The van der Waals surface area contributed by atoms with Crippen LogP contribution in [0.4, 0.5) is 0 Å². The van der Waals surface area contributed by atoms with Gasteiger partial charge in [-0.05, 0) is 37.0 Å². The number of hydrogen-bond acceptors (Lipinski definition) is 3. The number of rotatable bonds is 2. The third-order valence-electron chi connectivity index (χ3n) is 5.61. The van der Waals surface area contributed by atoms with Crippen LogP contribution in [0.25, 0.3) is 0 Å². The Morgan fingerprint density at radius 3 is 2.32 bits per heavy atom. The van der Waals surface area contributed by atoms with Crippen molar-refractivity contribution in [3.05, 3.63) is 77.9 Å². The molecule has 31 heavy (non-hydrogen) atoms. The Bertz CT molecular complexity index is 923. The predicted molar refractivity (Wildman–Crippen MR) is 123 cm³/mol. The van der Waals surface area contributed by atoms with Crippen molar-refractivity contribution >= 4 is 11.8 Å². The van der Waals surface area contributed by atoms with E-state index in [0.717, 1.165) is 5.56 Å². The molecular weight excluding hydrogens is 388 g/mol. The van der Waals surface area contributed by atoms with Gasteiger partial charge in [-0.2, -0.15) is 0 Å². The Hall–Kier alpha value is -3.08. The van der Waals surface area contributed by atoms with E-state index in [0.29, 0.717) is 24.2 Å². The van der Waals surface area contributed by atoms with Crippen molar-refractivity contribution < 1.29 is 14.3 Å². The van der Waals surface area contributed by atoms with Crippen LogP contribution in [-0.4, -0.2) is 35.9 Å². The molecule has 5 heteroatoms. The van der Waals surface area contributed by atoms with Gasteiger partial charge in [0.1, 0.15) is 11.8 Å². The molecule has 1 aliphatic heterocycles. The molecule has 2 aromatic carbocycles. The fourth-order valence-electron chi connectivity index (χ4n) is 3.99. The number of nitrogens with one attached hydrogen (secondary N) is 1. The number of fused-ring (bicyclic) bond motifs is 1. The van der Waals surface area contributed by atoms with E-state index in [4.69, 9.17) is 4.74 Å². The van der Waals surface area contributed by atoms with E-state index in [9.17, 15) is 9.59 Å². The van der Waals surface area contributed by atoms with Crippen LogP contribution >= 0.6 is 0 Å². The monoisotopic (exact) mass is 420 g/mol. The Kier molecular flexibility index (Phi) is 7.50. The first kappa shape index (κ1) is 22.6. The summed E-state index contributed by atoms with van der Waals surface area (Å²) in [6, 6.07) is 16.4. The van der Waals surface area contributed by atoms with E-state index in [2.05, 4.69) is 17.5 Å². The van der Waals surface area contributed by atoms with Crippen molar-refractivity contribution in [2.45, 2.75) is 51.8 Å². The van der Waals surface area contributed by atoms with Crippen molar-refractivity contribution in [3.63, 3.8) is 0 Å². The second kappa shape index (κ2) is 10.3. The minimum atomic E-state index is -0.601. The van der Waals surface area contributed by atoms with Crippen LogP contribution in [0, 0.1) is 5.92 Å². The van der Waals surface area contributed by atoms with E-state index in [1.165, 1.54) is 4.90 Å². The molecule has 5 nitrogen and oxygen atoms in total. The van der Waals surface area contributed by atoms with Crippen molar-refractivity contribution in [3.8, 4) is 5.75 Å². The minimum Gasteiger partial charge on any atom is -0.490 e. The molecule has 0 fully saturated rings. The molecular formula is C26H32N2O3. The van der Waals surface area contributed by atoms with Crippen LogP contribution in [0.5, 0.6) is 5.75 Å². The summed E-state index contributed by atoms with van der Waals surface area (Å²) < 4.78 is 6.09. The zero-order valence-corrected chi connectivity index (χ0v) is 18.7. The largest absolute Gasteiger partial charge is 0.490 e. The number of carbonyl (C=O) groups is 2. The van der Waals surface area contributed by atoms with Gasteiger partial charge >= 0.3 is 0 Å². The predicted octanol–water partition coefficient (Wildman–Crippen LogP) is 4.76. The number of nitrogens with zero attached hydrogens (tertiary/aromatic N) is 1. The molecule has 0 saturated carbocycles. The number of benzene rings is 2. The molecule has 3 atom stereocenters. The van der Waals surface area contributed by atoms with Gasteiger partial charge in [-0.3, -0.25) is 9.59 Å². The van der Waals surface area contributed by atoms with E-state index in [-0.39, 0.29) is 29.9 Å². The van der Waals surface area contributed by atoms with Gasteiger partial charge in [0.2, 0.25) is 5.91 Å². The average Bonchev–Trinajstić information content (AvgIpc) is 2.75. The van der Waals surface area contributed by atoms with Crippen molar-refractivity contribution in [2.24, 2.45) is 5.92 Å². The first-order valence-corrected chi connectivity index (χ1v) is 10.9. The van der Waals surface area contributed by atoms with Crippen LogP contribution in [0.2, 0.25) is 0 Å². The highest BCUT2D eigenvalue weighted by molar-refractivity contribution is 5.99. The zero-order chi connectivity index (χ0) is 22.4. The summed E-state index contributed by atoms with van der Waals surface area (Å²) in [6.07, 6.45) is 5.47. The van der Waals surface area contributed by atoms with E-state index < -0.39 is 6.04 Å². The number of amides is 2. The quantitative estimate of drug-likeness (QED) is 0.713. The van der Waals surface area contributed by atoms with Crippen molar-refractivity contribution in [1.29, 1.82) is 0 Å². The highest BCUT2D eigenvalue weighted by atomic mass is 16.5. The molecule has 0 spiro atoms. The zero-order valence-electron chi connectivity index (χ0n) is 18.7. The maximum Gasteiger partial charge on any atom is 0.258 e. The standard InChI is InChI=1S/C26H32N2O3/c1-18(2)24-25(29)27-22(20-13-6-5-7-14-20)16-10-8-12-19(3)31-23-17-11-9-15-21(23)26(30)28(24)4/h5-11,13-15,17-19,22,24H,12,16H2,1-4H3,(H,27,29)/b10-8-/t19-,22-,24-/m0/s1. The van der Waals surface area contributed by atoms with Crippen LogP contribution in [0.1, 0.15) is 55.6 Å².